The number of halogens is 2. The second-order valence-electron chi connectivity index (χ2n) is 10.1. The highest BCUT2D eigenvalue weighted by atomic mass is 19.1. The molecule has 3 atom stereocenters. The highest BCUT2D eigenvalue weighted by molar-refractivity contribution is 5.74. The summed E-state index contributed by atoms with van der Waals surface area (Å²) in [7, 11) is 0. The predicted molar refractivity (Wildman–Crippen MR) is 150 cm³/mol. The van der Waals surface area contributed by atoms with E-state index in [0.29, 0.717) is 12.0 Å². The van der Waals surface area contributed by atoms with E-state index in [4.69, 9.17) is 0 Å². The molecule has 3 rings (SSSR count). The number of allylic oxidation sites excluding steroid dienone is 2. The van der Waals surface area contributed by atoms with Gasteiger partial charge in [-0.15, -0.1) is 0 Å². The third kappa shape index (κ3) is 6.51. The van der Waals surface area contributed by atoms with Crippen LogP contribution in [-0.4, -0.2) is 0 Å². The average Bonchev–Trinajstić information content (AvgIpc) is 2.87. The van der Waals surface area contributed by atoms with E-state index in [1.165, 1.54) is 33.9 Å². The monoisotopic (exact) mass is 487 g/mol. The summed E-state index contributed by atoms with van der Waals surface area (Å²) in [6, 6.07) is 21.0. The summed E-state index contributed by atoms with van der Waals surface area (Å²) in [5.41, 5.74) is 8.68. The Morgan fingerprint density at radius 3 is 2.22 bits per heavy atom. The largest absolute Gasteiger partial charge is 0.378 e. The van der Waals surface area contributed by atoms with Crippen molar-refractivity contribution in [3.8, 4) is 0 Å². The van der Waals surface area contributed by atoms with Gasteiger partial charge < -0.3 is 5.32 Å². The molecule has 3 aromatic carbocycles. The van der Waals surface area contributed by atoms with Crippen molar-refractivity contribution in [2.24, 2.45) is 5.92 Å². The van der Waals surface area contributed by atoms with Gasteiger partial charge in [-0.25, -0.2) is 8.78 Å². The zero-order valence-electron chi connectivity index (χ0n) is 22.5. The Morgan fingerprint density at radius 1 is 0.917 bits per heavy atom. The van der Waals surface area contributed by atoms with Gasteiger partial charge in [0, 0.05) is 11.8 Å². The van der Waals surface area contributed by atoms with Gasteiger partial charge >= 0.3 is 0 Å². The van der Waals surface area contributed by atoms with Crippen molar-refractivity contribution in [2.75, 3.05) is 0 Å². The summed E-state index contributed by atoms with van der Waals surface area (Å²) < 4.78 is 27.7. The van der Waals surface area contributed by atoms with Gasteiger partial charge in [-0.3, -0.25) is 0 Å². The van der Waals surface area contributed by atoms with Gasteiger partial charge in [-0.05, 0) is 91.0 Å². The maximum Gasteiger partial charge on any atom is 0.129 e. The molecule has 1 nitrogen and oxygen atoms in total. The molecule has 0 aliphatic heterocycles. The Hall–Kier alpha value is -3.20. The van der Waals surface area contributed by atoms with Gasteiger partial charge in [-0.1, -0.05) is 81.5 Å². The molecule has 3 aromatic rings. The molecular formula is C33H39F2N. The summed E-state index contributed by atoms with van der Waals surface area (Å²) in [6.07, 6.45) is 1.50. The van der Waals surface area contributed by atoms with Gasteiger partial charge in [0.1, 0.15) is 11.6 Å². The molecule has 0 spiro atoms. The van der Waals surface area contributed by atoms with E-state index in [1.807, 2.05) is 6.07 Å². The van der Waals surface area contributed by atoms with Crippen molar-refractivity contribution in [3.63, 3.8) is 0 Å². The molecule has 190 valence electrons. The minimum atomic E-state index is -0.541. The molecule has 0 saturated heterocycles. The molecule has 0 heterocycles. The summed E-state index contributed by atoms with van der Waals surface area (Å²) in [5, 5.41) is 3.63. The van der Waals surface area contributed by atoms with Gasteiger partial charge in [0.15, 0.2) is 0 Å². The van der Waals surface area contributed by atoms with Crippen molar-refractivity contribution in [1.82, 2.24) is 5.32 Å². The van der Waals surface area contributed by atoms with Crippen molar-refractivity contribution < 1.29 is 8.78 Å². The zero-order chi connectivity index (χ0) is 26.4. The van der Waals surface area contributed by atoms with E-state index in [9.17, 15) is 8.78 Å². The average molecular weight is 488 g/mol. The van der Waals surface area contributed by atoms with E-state index in [2.05, 4.69) is 95.9 Å². The van der Waals surface area contributed by atoms with Crippen molar-refractivity contribution >= 4 is 11.3 Å². The second-order valence-corrected chi connectivity index (χ2v) is 10.1. The Labute approximate surface area is 216 Å². The molecule has 0 aliphatic rings. The van der Waals surface area contributed by atoms with Crippen LogP contribution < -0.4 is 5.32 Å². The lowest BCUT2D eigenvalue weighted by atomic mass is 9.80. The number of benzene rings is 3. The number of rotatable bonds is 10. The highest BCUT2D eigenvalue weighted by Gasteiger charge is 2.21. The van der Waals surface area contributed by atoms with Gasteiger partial charge in [0.2, 0.25) is 0 Å². The van der Waals surface area contributed by atoms with Crippen LogP contribution in [0.1, 0.15) is 87.7 Å². The molecule has 0 aromatic heterocycles. The summed E-state index contributed by atoms with van der Waals surface area (Å²) in [6.45, 7) is 17.3. The number of hydrogen-bond acceptors (Lipinski definition) is 1. The van der Waals surface area contributed by atoms with Crippen LogP contribution in [0.3, 0.4) is 0 Å². The van der Waals surface area contributed by atoms with Crippen LogP contribution in [0.2, 0.25) is 0 Å². The molecular weight excluding hydrogens is 448 g/mol. The third-order valence-electron chi connectivity index (χ3n) is 7.42. The number of nitrogens with one attached hydrogen (secondary N) is 1. The van der Waals surface area contributed by atoms with Crippen LogP contribution in [0.15, 0.2) is 78.9 Å². The van der Waals surface area contributed by atoms with Gasteiger partial charge in [0.05, 0.1) is 6.04 Å². The maximum atomic E-state index is 14.3. The Balaban J connectivity index is 1.90. The van der Waals surface area contributed by atoms with E-state index in [1.54, 1.807) is 6.07 Å². The second kappa shape index (κ2) is 12.2. The lowest BCUT2D eigenvalue weighted by Gasteiger charge is -2.26. The summed E-state index contributed by atoms with van der Waals surface area (Å²) in [4.78, 5) is 0. The van der Waals surface area contributed by atoms with Crippen LogP contribution in [0, 0.1) is 17.6 Å². The molecule has 0 saturated carbocycles. The fraction of sp³-hybridized carbons (Fsp3) is 0.333. The predicted octanol–water partition coefficient (Wildman–Crippen LogP) is 9.47. The normalized spacial score (nSPS) is 13.6. The Morgan fingerprint density at radius 2 is 1.61 bits per heavy atom. The molecule has 36 heavy (non-hydrogen) atoms. The standard InChI is InChI=1S/C33H39F2N/c1-8-33(26-12-10-9-11-13-26)36-25(7)27-15-17-30(31(19-27)23(5)21(2)3)24(6)22(4)18-28-14-16-29(34)20-32(28)35/h9-17,19-20,22,24,33,36H,7-8,18H2,1-6H3. The number of hydrogen-bond donors (Lipinski definition) is 1. The van der Waals surface area contributed by atoms with Crippen LogP contribution in [-0.2, 0) is 6.42 Å². The first-order valence-corrected chi connectivity index (χ1v) is 12.8. The first-order valence-electron chi connectivity index (χ1n) is 12.8. The Kier molecular flexibility index (Phi) is 9.25. The Bertz CT molecular complexity index is 1220. The van der Waals surface area contributed by atoms with Crippen molar-refractivity contribution in [3.05, 3.63) is 118 Å². The third-order valence-corrected chi connectivity index (χ3v) is 7.42. The van der Waals surface area contributed by atoms with E-state index in [-0.39, 0.29) is 17.9 Å². The molecule has 3 heteroatoms. The van der Waals surface area contributed by atoms with Crippen LogP contribution in [0.4, 0.5) is 8.78 Å². The minimum Gasteiger partial charge on any atom is -0.378 e. The molecule has 0 amide bonds. The first-order chi connectivity index (χ1) is 17.1. The minimum absolute atomic E-state index is 0.170. The zero-order valence-corrected chi connectivity index (χ0v) is 22.5. The SMILES string of the molecule is C=C(NC(CC)c1ccccc1)c1ccc(C(C)C(C)Cc2ccc(F)cc2F)c(C(C)=C(C)C)c1. The van der Waals surface area contributed by atoms with Crippen LogP contribution in [0.5, 0.6) is 0 Å². The molecule has 0 radical (unpaired) electrons. The fourth-order valence-electron chi connectivity index (χ4n) is 4.65. The van der Waals surface area contributed by atoms with Crippen LogP contribution >= 0.6 is 0 Å². The quantitative estimate of drug-likeness (QED) is 0.300. The van der Waals surface area contributed by atoms with Crippen molar-refractivity contribution in [2.45, 2.75) is 66.3 Å². The van der Waals surface area contributed by atoms with E-state index < -0.39 is 11.6 Å². The van der Waals surface area contributed by atoms with Crippen molar-refractivity contribution in [1.29, 1.82) is 0 Å². The molecule has 1 N–H and O–H groups in total. The molecule has 0 aliphatic carbocycles. The van der Waals surface area contributed by atoms with E-state index >= 15 is 0 Å². The van der Waals surface area contributed by atoms with E-state index in [0.717, 1.165) is 23.7 Å². The maximum absolute atomic E-state index is 14.3. The molecule has 0 fully saturated rings. The molecule has 3 unspecified atom stereocenters. The van der Waals surface area contributed by atoms with Gasteiger partial charge in [-0.2, -0.15) is 0 Å². The summed E-state index contributed by atoms with van der Waals surface area (Å²) in [5.74, 6) is -0.665. The lowest BCUT2D eigenvalue weighted by Crippen LogP contribution is -2.19. The highest BCUT2D eigenvalue weighted by Crippen LogP contribution is 2.35. The smallest absolute Gasteiger partial charge is 0.129 e. The fourth-order valence-corrected chi connectivity index (χ4v) is 4.65. The lowest BCUT2D eigenvalue weighted by molar-refractivity contribution is 0.469. The molecule has 0 bridgehead atoms. The van der Waals surface area contributed by atoms with Crippen LogP contribution in [0.25, 0.3) is 11.3 Å². The first kappa shape index (κ1) is 27.4. The van der Waals surface area contributed by atoms with Gasteiger partial charge in [0.25, 0.3) is 0 Å². The summed E-state index contributed by atoms with van der Waals surface area (Å²) >= 11 is 0. The topological polar surface area (TPSA) is 12.0 Å².